The summed E-state index contributed by atoms with van der Waals surface area (Å²) < 4.78 is 42.8. The fourth-order valence-corrected chi connectivity index (χ4v) is 4.48. The van der Waals surface area contributed by atoms with Crippen LogP contribution < -0.4 is 11.3 Å². The van der Waals surface area contributed by atoms with Gasteiger partial charge in [0.15, 0.2) is 10.8 Å². The standard InChI is InChI=1S/C26H21F2N5O2S2.C2H6/c1-5-36-25(29)30-15(3)16-10-9-14(2)18(13-16)22-17-11-12-21(34)33(23-19(27)7-6-8-20(23)28)24(17)32-26(31-22)37(4)35;1-2/h5-13H,1,3H2,2,4H3,(H2,29,30);1-2H3. The molecule has 2 aromatic heterocycles. The third kappa shape index (κ3) is 6.21. The molecule has 202 valence electrons. The number of fused-ring (bicyclic) bond motifs is 1. The Kier molecular flexibility index (Phi) is 9.66. The van der Waals surface area contributed by atoms with Crippen LogP contribution in [0.3, 0.4) is 0 Å². The van der Waals surface area contributed by atoms with E-state index < -0.39 is 33.7 Å². The molecule has 39 heavy (non-hydrogen) atoms. The number of halogens is 2. The molecule has 1 atom stereocenters. The molecule has 0 aliphatic carbocycles. The van der Waals surface area contributed by atoms with E-state index >= 15 is 0 Å². The first-order chi connectivity index (χ1) is 18.6. The van der Waals surface area contributed by atoms with Crippen molar-refractivity contribution in [1.29, 1.82) is 0 Å². The average molecular weight is 568 g/mol. The SMILES string of the molecule is C=CSC(N)=NC(=C)c1ccc(C)c(-c2nc(S(C)=O)nc3c2ccc(=O)n3-c2c(F)cccc2F)c1.CC. The molecule has 0 radical (unpaired) electrons. The first kappa shape index (κ1) is 29.6. The summed E-state index contributed by atoms with van der Waals surface area (Å²) in [6.07, 6.45) is 1.37. The Morgan fingerprint density at radius 2 is 1.79 bits per heavy atom. The van der Waals surface area contributed by atoms with Crippen LogP contribution in [0, 0.1) is 18.6 Å². The molecule has 4 aromatic rings. The Hall–Kier alpha value is -3.96. The van der Waals surface area contributed by atoms with Gasteiger partial charge in [0.25, 0.3) is 5.56 Å². The lowest BCUT2D eigenvalue weighted by atomic mass is 9.99. The van der Waals surface area contributed by atoms with E-state index in [0.717, 1.165) is 34.0 Å². The van der Waals surface area contributed by atoms with Crippen molar-refractivity contribution < 1.29 is 13.0 Å². The maximum atomic E-state index is 14.7. The van der Waals surface area contributed by atoms with Crippen LogP contribution in [0.5, 0.6) is 0 Å². The monoisotopic (exact) mass is 567 g/mol. The number of pyridine rings is 1. The summed E-state index contributed by atoms with van der Waals surface area (Å²) in [7, 11) is -1.68. The Bertz CT molecular complexity index is 1680. The zero-order chi connectivity index (χ0) is 28.9. The second-order valence-electron chi connectivity index (χ2n) is 7.83. The topological polar surface area (TPSA) is 103 Å². The fourth-order valence-electron chi connectivity index (χ4n) is 3.71. The van der Waals surface area contributed by atoms with Gasteiger partial charge in [0.1, 0.15) is 17.3 Å². The van der Waals surface area contributed by atoms with E-state index in [0.29, 0.717) is 27.9 Å². The number of hydrogen-bond acceptors (Lipinski definition) is 6. The number of benzene rings is 2. The van der Waals surface area contributed by atoms with Crippen LogP contribution in [0.1, 0.15) is 25.0 Å². The van der Waals surface area contributed by atoms with Crippen molar-refractivity contribution in [3.8, 4) is 16.9 Å². The van der Waals surface area contributed by atoms with E-state index in [4.69, 9.17) is 5.73 Å². The highest BCUT2D eigenvalue weighted by molar-refractivity contribution is 8.16. The van der Waals surface area contributed by atoms with Crippen molar-refractivity contribution in [2.24, 2.45) is 10.7 Å². The Balaban J connectivity index is 0.00000205. The molecule has 0 fully saturated rings. The number of amidine groups is 1. The number of aryl methyl sites for hydroxylation is 1. The highest BCUT2D eigenvalue weighted by Gasteiger charge is 2.21. The molecule has 0 spiro atoms. The van der Waals surface area contributed by atoms with Crippen molar-refractivity contribution in [2.45, 2.75) is 25.9 Å². The summed E-state index contributed by atoms with van der Waals surface area (Å²) in [6, 6.07) is 11.3. The summed E-state index contributed by atoms with van der Waals surface area (Å²) in [5, 5.41) is 2.03. The van der Waals surface area contributed by atoms with Gasteiger partial charge in [-0.25, -0.2) is 23.7 Å². The van der Waals surface area contributed by atoms with Crippen LogP contribution in [0.25, 0.3) is 33.7 Å². The summed E-state index contributed by atoms with van der Waals surface area (Å²) in [5.74, 6) is -1.90. The summed E-state index contributed by atoms with van der Waals surface area (Å²) in [5.41, 5.74) is 7.22. The van der Waals surface area contributed by atoms with Gasteiger partial charge in [0, 0.05) is 28.8 Å². The van der Waals surface area contributed by atoms with Gasteiger partial charge in [-0.3, -0.25) is 13.6 Å². The maximum absolute atomic E-state index is 14.7. The largest absolute Gasteiger partial charge is 0.378 e. The highest BCUT2D eigenvalue weighted by atomic mass is 32.2. The van der Waals surface area contributed by atoms with Gasteiger partial charge in [-0.05, 0) is 42.2 Å². The number of hydrogen-bond donors (Lipinski definition) is 1. The molecule has 11 heteroatoms. The molecule has 0 saturated carbocycles. The predicted molar refractivity (Wildman–Crippen MR) is 157 cm³/mol. The van der Waals surface area contributed by atoms with Crippen molar-refractivity contribution >= 4 is 44.5 Å². The van der Waals surface area contributed by atoms with E-state index in [-0.39, 0.29) is 16.0 Å². The Morgan fingerprint density at radius 3 is 2.41 bits per heavy atom. The number of aliphatic imine (C=N–C) groups is 1. The van der Waals surface area contributed by atoms with Crippen LogP contribution in [0.2, 0.25) is 0 Å². The van der Waals surface area contributed by atoms with Gasteiger partial charge < -0.3 is 5.73 Å². The smallest absolute Gasteiger partial charge is 0.256 e. The van der Waals surface area contributed by atoms with Gasteiger partial charge in [0.2, 0.25) is 5.16 Å². The fraction of sp³-hybridized carbons (Fsp3) is 0.143. The van der Waals surface area contributed by atoms with E-state index in [1.807, 2.05) is 32.9 Å². The zero-order valence-corrected chi connectivity index (χ0v) is 23.5. The molecule has 2 heterocycles. The minimum Gasteiger partial charge on any atom is -0.378 e. The summed E-state index contributed by atoms with van der Waals surface area (Å²) in [4.78, 5) is 25.9. The lowest BCUT2D eigenvalue weighted by Crippen LogP contribution is -2.21. The second kappa shape index (κ2) is 12.7. The lowest BCUT2D eigenvalue weighted by molar-refractivity contribution is 0.568. The van der Waals surface area contributed by atoms with Gasteiger partial charge in [-0.1, -0.05) is 57.0 Å². The van der Waals surface area contributed by atoms with Gasteiger partial charge in [-0.15, -0.1) is 0 Å². The van der Waals surface area contributed by atoms with E-state index in [2.05, 4.69) is 28.1 Å². The molecule has 0 saturated heterocycles. The van der Waals surface area contributed by atoms with Gasteiger partial charge >= 0.3 is 0 Å². The Morgan fingerprint density at radius 1 is 1.13 bits per heavy atom. The molecule has 2 aromatic carbocycles. The third-order valence-electron chi connectivity index (χ3n) is 5.42. The molecule has 0 amide bonds. The van der Waals surface area contributed by atoms with Gasteiger partial charge in [0.05, 0.1) is 22.2 Å². The van der Waals surface area contributed by atoms with Crippen LogP contribution in [-0.4, -0.2) is 30.2 Å². The molecule has 7 nitrogen and oxygen atoms in total. The highest BCUT2D eigenvalue weighted by Crippen LogP contribution is 2.32. The molecule has 0 bridgehead atoms. The predicted octanol–water partition coefficient (Wildman–Crippen LogP) is 5.96. The molecule has 0 aliphatic rings. The number of nitrogens with zero attached hydrogens (tertiary/aromatic N) is 4. The molecule has 4 rings (SSSR count). The molecule has 2 N–H and O–H groups in total. The first-order valence-corrected chi connectivity index (χ1v) is 14.2. The quantitative estimate of drug-likeness (QED) is 0.175. The van der Waals surface area contributed by atoms with Crippen LogP contribution in [0.15, 0.2) is 82.0 Å². The molecule has 0 aliphatic heterocycles. The molecular formula is C28H27F2N5O2S2. The zero-order valence-electron chi connectivity index (χ0n) is 21.9. The summed E-state index contributed by atoms with van der Waals surface area (Å²) in [6.45, 7) is 13.4. The number of aromatic nitrogens is 3. The minimum absolute atomic E-state index is 0.0834. The van der Waals surface area contributed by atoms with Crippen molar-refractivity contribution in [1.82, 2.24) is 14.5 Å². The lowest BCUT2D eigenvalue weighted by Gasteiger charge is -2.15. The maximum Gasteiger partial charge on any atom is 0.256 e. The van der Waals surface area contributed by atoms with Crippen molar-refractivity contribution in [3.05, 3.63) is 100 Å². The minimum atomic E-state index is -1.68. The normalized spacial score (nSPS) is 12.0. The number of nitrogens with two attached hydrogens (primary N) is 1. The van der Waals surface area contributed by atoms with E-state index in [1.54, 1.807) is 11.5 Å². The third-order valence-corrected chi connectivity index (χ3v) is 6.62. The van der Waals surface area contributed by atoms with Crippen molar-refractivity contribution in [3.63, 3.8) is 0 Å². The van der Waals surface area contributed by atoms with E-state index in [9.17, 15) is 17.8 Å². The second-order valence-corrected chi connectivity index (χ2v) is 10.1. The Labute approximate surface area is 231 Å². The van der Waals surface area contributed by atoms with E-state index in [1.165, 1.54) is 24.5 Å². The number of para-hydroxylation sites is 1. The first-order valence-electron chi connectivity index (χ1n) is 11.8. The molecular weight excluding hydrogens is 540 g/mol. The number of thioether (sulfide) groups is 1. The molecule has 1 unspecified atom stereocenters. The summed E-state index contributed by atoms with van der Waals surface area (Å²) >= 11 is 1.15. The van der Waals surface area contributed by atoms with Crippen LogP contribution in [0.4, 0.5) is 8.78 Å². The van der Waals surface area contributed by atoms with Crippen LogP contribution in [-0.2, 0) is 10.8 Å². The number of rotatable bonds is 6. The van der Waals surface area contributed by atoms with Crippen molar-refractivity contribution in [2.75, 3.05) is 6.26 Å². The average Bonchev–Trinajstić information content (AvgIpc) is 2.90. The van der Waals surface area contributed by atoms with Crippen LogP contribution >= 0.6 is 11.8 Å². The van der Waals surface area contributed by atoms with Gasteiger partial charge in [-0.2, -0.15) is 0 Å².